The number of aliphatic hydroxyl groups is 2. The summed E-state index contributed by atoms with van der Waals surface area (Å²) in [5, 5.41) is 27.9. The Morgan fingerprint density at radius 2 is 2.12 bits per heavy atom. The van der Waals surface area contributed by atoms with Crippen LogP contribution >= 0.6 is 11.6 Å². The van der Waals surface area contributed by atoms with Gasteiger partial charge in [0.15, 0.2) is 0 Å². The van der Waals surface area contributed by atoms with Gasteiger partial charge in [-0.25, -0.2) is 0 Å². The highest BCUT2D eigenvalue weighted by atomic mass is 35.5. The second-order valence-electron chi connectivity index (χ2n) is 3.50. The van der Waals surface area contributed by atoms with E-state index < -0.39 is 24.6 Å². The molecule has 5 nitrogen and oxygen atoms in total. The normalized spacial score (nSPS) is 14.1. The number of hydrogen-bond acceptors (Lipinski definition) is 4. The second kappa shape index (κ2) is 5.86. The summed E-state index contributed by atoms with van der Waals surface area (Å²) in [5.41, 5.74) is 0.265. The number of carboxylic acids is 1. The molecule has 2 unspecified atom stereocenters. The van der Waals surface area contributed by atoms with Crippen LogP contribution in [0, 0.1) is 0 Å². The van der Waals surface area contributed by atoms with E-state index in [9.17, 15) is 15.0 Å². The fourth-order valence-corrected chi connectivity index (χ4v) is 1.65. The zero-order chi connectivity index (χ0) is 13.0. The SMILES string of the molecule is COc1ccc(C(O)C(O)CC(=O)O)c(Cl)c1. The summed E-state index contributed by atoms with van der Waals surface area (Å²) in [6.07, 6.45) is -3.30. The maximum atomic E-state index is 10.4. The van der Waals surface area contributed by atoms with Gasteiger partial charge in [0.2, 0.25) is 0 Å². The van der Waals surface area contributed by atoms with E-state index in [-0.39, 0.29) is 10.6 Å². The minimum Gasteiger partial charge on any atom is -0.497 e. The van der Waals surface area contributed by atoms with Crippen LogP contribution in [0.3, 0.4) is 0 Å². The molecule has 6 heteroatoms. The van der Waals surface area contributed by atoms with E-state index in [1.54, 1.807) is 6.07 Å². The molecule has 0 aliphatic carbocycles. The van der Waals surface area contributed by atoms with E-state index in [1.807, 2.05) is 0 Å². The first-order valence-corrected chi connectivity index (χ1v) is 5.25. The van der Waals surface area contributed by atoms with Gasteiger partial charge >= 0.3 is 5.97 Å². The van der Waals surface area contributed by atoms with Crippen LogP contribution in [0.1, 0.15) is 18.1 Å². The summed E-state index contributed by atoms with van der Waals surface area (Å²) in [6, 6.07) is 4.53. The predicted octanol–water partition coefficient (Wildman–Crippen LogP) is 1.22. The molecular weight excluding hydrogens is 248 g/mol. The number of carbonyl (C=O) groups is 1. The quantitative estimate of drug-likeness (QED) is 0.741. The Morgan fingerprint density at radius 1 is 1.47 bits per heavy atom. The van der Waals surface area contributed by atoms with E-state index in [1.165, 1.54) is 19.2 Å². The fraction of sp³-hybridized carbons (Fsp3) is 0.364. The third-order valence-corrected chi connectivity index (χ3v) is 2.60. The van der Waals surface area contributed by atoms with Crippen molar-refractivity contribution in [2.75, 3.05) is 7.11 Å². The van der Waals surface area contributed by atoms with Crippen LogP contribution < -0.4 is 4.74 Å². The van der Waals surface area contributed by atoms with Crippen LogP contribution in [0.25, 0.3) is 0 Å². The van der Waals surface area contributed by atoms with E-state index >= 15 is 0 Å². The fourth-order valence-electron chi connectivity index (χ4n) is 1.37. The first kappa shape index (κ1) is 13.8. The molecule has 0 bridgehead atoms. The molecule has 0 aliphatic rings. The zero-order valence-corrected chi connectivity index (χ0v) is 9.89. The van der Waals surface area contributed by atoms with Crippen LogP contribution in [-0.4, -0.2) is 34.5 Å². The Hall–Kier alpha value is -1.30. The van der Waals surface area contributed by atoms with Gasteiger partial charge in [0, 0.05) is 5.56 Å². The highest BCUT2D eigenvalue weighted by Gasteiger charge is 2.23. The first-order valence-electron chi connectivity index (χ1n) is 4.87. The van der Waals surface area contributed by atoms with Crippen LogP contribution in [0.15, 0.2) is 18.2 Å². The number of aliphatic carboxylic acids is 1. The molecule has 0 amide bonds. The molecule has 17 heavy (non-hydrogen) atoms. The Balaban J connectivity index is 2.88. The van der Waals surface area contributed by atoms with Crippen molar-refractivity contribution < 1.29 is 24.9 Å². The molecule has 0 fully saturated rings. The third-order valence-electron chi connectivity index (χ3n) is 2.27. The molecule has 2 atom stereocenters. The van der Waals surface area contributed by atoms with Crippen LogP contribution in [0.5, 0.6) is 5.75 Å². The smallest absolute Gasteiger partial charge is 0.306 e. The molecule has 3 N–H and O–H groups in total. The summed E-state index contributed by atoms with van der Waals surface area (Å²) < 4.78 is 4.93. The van der Waals surface area contributed by atoms with Gasteiger partial charge in [-0.2, -0.15) is 0 Å². The lowest BCUT2D eigenvalue weighted by atomic mass is 10.0. The largest absolute Gasteiger partial charge is 0.497 e. The number of ether oxygens (including phenoxy) is 1. The number of hydrogen-bond donors (Lipinski definition) is 3. The highest BCUT2D eigenvalue weighted by molar-refractivity contribution is 6.31. The monoisotopic (exact) mass is 260 g/mol. The van der Waals surface area contributed by atoms with Crippen LogP contribution in [0.4, 0.5) is 0 Å². The van der Waals surface area contributed by atoms with Gasteiger partial charge in [-0.3, -0.25) is 4.79 Å². The van der Waals surface area contributed by atoms with Gasteiger partial charge in [0.25, 0.3) is 0 Å². The lowest BCUT2D eigenvalue weighted by Gasteiger charge is -2.18. The number of methoxy groups -OCH3 is 1. The molecule has 1 aromatic rings. The van der Waals surface area contributed by atoms with Gasteiger partial charge < -0.3 is 20.1 Å². The standard InChI is InChI=1S/C11H13ClO5/c1-17-6-2-3-7(8(12)4-6)11(16)9(13)5-10(14)15/h2-4,9,11,13,16H,5H2,1H3,(H,14,15). The molecular formula is C11H13ClO5. The molecule has 0 aliphatic heterocycles. The highest BCUT2D eigenvalue weighted by Crippen LogP contribution is 2.29. The van der Waals surface area contributed by atoms with Crippen LogP contribution in [0.2, 0.25) is 5.02 Å². The molecule has 94 valence electrons. The number of rotatable bonds is 5. The molecule has 0 aromatic heterocycles. The van der Waals surface area contributed by atoms with Crippen molar-refractivity contribution in [3.05, 3.63) is 28.8 Å². The second-order valence-corrected chi connectivity index (χ2v) is 3.90. The summed E-state index contributed by atoms with van der Waals surface area (Å²) in [5.74, 6) is -0.681. The molecule has 1 rings (SSSR count). The number of aliphatic hydroxyl groups excluding tert-OH is 2. The third kappa shape index (κ3) is 3.59. The Kier molecular flexibility index (Phi) is 4.74. The van der Waals surface area contributed by atoms with Gasteiger partial charge in [0.1, 0.15) is 11.9 Å². The van der Waals surface area contributed by atoms with Crippen molar-refractivity contribution in [3.63, 3.8) is 0 Å². The predicted molar refractivity (Wildman–Crippen MR) is 61.2 cm³/mol. The van der Waals surface area contributed by atoms with Gasteiger partial charge in [-0.15, -0.1) is 0 Å². The number of halogens is 1. The Morgan fingerprint density at radius 3 is 2.59 bits per heavy atom. The average Bonchev–Trinajstić information content (AvgIpc) is 2.27. The van der Waals surface area contributed by atoms with E-state index in [2.05, 4.69) is 0 Å². The zero-order valence-electron chi connectivity index (χ0n) is 9.13. The summed E-state index contributed by atoms with van der Waals surface area (Å²) in [7, 11) is 1.47. The molecule has 0 saturated heterocycles. The molecule has 0 spiro atoms. The van der Waals surface area contributed by atoms with Gasteiger partial charge in [-0.05, 0) is 12.1 Å². The molecule has 0 saturated carbocycles. The Bertz CT molecular complexity index is 407. The van der Waals surface area contributed by atoms with Gasteiger partial charge in [-0.1, -0.05) is 17.7 Å². The van der Waals surface area contributed by atoms with Crippen molar-refractivity contribution in [1.82, 2.24) is 0 Å². The minimum atomic E-state index is -1.40. The summed E-state index contributed by atoms with van der Waals surface area (Å²) in [4.78, 5) is 10.4. The summed E-state index contributed by atoms with van der Waals surface area (Å²) >= 11 is 5.89. The average molecular weight is 261 g/mol. The van der Waals surface area contributed by atoms with Crippen molar-refractivity contribution in [3.8, 4) is 5.75 Å². The van der Waals surface area contributed by atoms with Crippen LogP contribution in [-0.2, 0) is 4.79 Å². The van der Waals surface area contributed by atoms with Gasteiger partial charge in [0.05, 0.1) is 24.7 Å². The van der Waals surface area contributed by atoms with Crippen molar-refractivity contribution in [1.29, 1.82) is 0 Å². The first-order chi connectivity index (χ1) is 7.95. The topological polar surface area (TPSA) is 87.0 Å². The van der Waals surface area contributed by atoms with Crippen molar-refractivity contribution in [2.45, 2.75) is 18.6 Å². The Labute approximate surface area is 103 Å². The van der Waals surface area contributed by atoms with E-state index in [0.717, 1.165) is 0 Å². The maximum absolute atomic E-state index is 10.4. The number of benzene rings is 1. The maximum Gasteiger partial charge on any atom is 0.306 e. The molecule has 0 radical (unpaired) electrons. The lowest BCUT2D eigenvalue weighted by Crippen LogP contribution is -2.22. The van der Waals surface area contributed by atoms with E-state index in [4.69, 9.17) is 21.4 Å². The van der Waals surface area contributed by atoms with Crippen molar-refractivity contribution >= 4 is 17.6 Å². The molecule has 0 heterocycles. The lowest BCUT2D eigenvalue weighted by molar-refractivity contribution is -0.141. The minimum absolute atomic E-state index is 0.210. The number of carboxylic acid groups (broad SMARTS) is 1. The summed E-state index contributed by atoms with van der Waals surface area (Å²) in [6.45, 7) is 0. The van der Waals surface area contributed by atoms with E-state index in [0.29, 0.717) is 5.75 Å². The molecule has 1 aromatic carbocycles. The van der Waals surface area contributed by atoms with Crippen molar-refractivity contribution in [2.24, 2.45) is 0 Å².